The molecule has 1 N–H and O–H groups in total. The van der Waals surface area contributed by atoms with Crippen LogP contribution in [-0.4, -0.2) is 66.2 Å². The second kappa shape index (κ2) is 12.2. The minimum Gasteiger partial charge on any atom is -0.493 e. The van der Waals surface area contributed by atoms with Gasteiger partial charge in [0, 0.05) is 29.5 Å². The fraction of sp³-hybridized carbons (Fsp3) is 0.583. The van der Waals surface area contributed by atoms with E-state index in [0.717, 1.165) is 37.5 Å². The molecule has 1 aliphatic heterocycles. The first-order valence-electron chi connectivity index (χ1n) is 11.4. The van der Waals surface area contributed by atoms with E-state index in [4.69, 9.17) is 13.9 Å². The number of amides is 1. The molecular formula is C24H35N3O5S. The lowest BCUT2D eigenvalue weighted by atomic mass is 10.0. The van der Waals surface area contributed by atoms with Crippen molar-refractivity contribution in [2.24, 2.45) is 5.92 Å². The number of aryl methyl sites for hydroxylation is 1. The van der Waals surface area contributed by atoms with Crippen LogP contribution in [0.2, 0.25) is 0 Å². The van der Waals surface area contributed by atoms with Crippen LogP contribution in [0, 0.1) is 12.8 Å². The molecule has 1 aromatic heterocycles. The van der Waals surface area contributed by atoms with Gasteiger partial charge in [0.1, 0.15) is 11.5 Å². The molecule has 0 unspecified atom stereocenters. The van der Waals surface area contributed by atoms with Crippen LogP contribution in [0.15, 0.2) is 22.6 Å². The van der Waals surface area contributed by atoms with Crippen molar-refractivity contribution in [3.8, 4) is 23.0 Å². The highest BCUT2D eigenvalue weighted by Gasteiger charge is 2.18. The summed E-state index contributed by atoms with van der Waals surface area (Å²) < 4.78 is 28.9. The Kier molecular flexibility index (Phi) is 9.31. The first kappa shape index (κ1) is 25.2. The van der Waals surface area contributed by atoms with Gasteiger partial charge in [0.25, 0.3) is 0 Å². The van der Waals surface area contributed by atoms with Gasteiger partial charge >= 0.3 is 0 Å². The number of likely N-dealkylation sites (tertiary alicyclic amines) is 1. The summed E-state index contributed by atoms with van der Waals surface area (Å²) >= 11 is 0. The Labute approximate surface area is 198 Å². The highest BCUT2D eigenvalue weighted by Crippen LogP contribution is 2.32. The van der Waals surface area contributed by atoms with E-state index in [1.54, 1.807) is 33.3 Å². The number of piperidine rings is 1. The number of benzene rings is 1. The molecule has 1 fully saturated rings. The van der Waals surface area contributed by atoms with E-state index in [-0.39, 0.29) is 17.4 Å². The van der Waals surface area contributed by atoms with Crippen LogP contribution in [0.25, 0.3) is 11.5 Å². The second-order valence-electron chi connectivity index (χ2n) is 8.57. The van der Waals surface area contributed by atoms with Gasteiger partial charge in [0.2, 0.25) is 11.8 Å². The summed E-state index contributed by atoms with van der Waals surface area (Å²) in [6.45, 7) is 7.95. The Hall–Kier alpha value is -2.39. The Morgan fingerprint density at radius 1 is 1.30 bits per heavy atom. The Balaban J connectivity index is 1.46. The van der Waals surface area contributed by atoms with Crippen molar-refractivity contribution in [3.05, 3.63) is 29.7 Å². The summed E-state index contributed by atoms with van der Waals surface area (Å²) in [7, 11) is 1.77. The maximum absolute atomic E-state index is 12.5. The smallest absolute Gasteiger partial charge is 0.232 e. The standard InChI is InChI=1S/C24H35N3O5S/c1-17-7-5-11-27(14-17)12-6-10-25-23(28)16-33(29)15-20-18(2)32-24(26-20)19-8-9-21(30-3)22(13-19)31-4/h8-9,13,17H,5-7,10-12,14-16H2,1-4H3,(H,25,28)/t17-,33-/m1/s1. The molecule has 8 nitrogen and oxygen atoms in total. The molecule has 33 heavy (non-hydrogen) atoms. The number of methoxy groups -OCH3 is 2. The molecule has 2 heterocycles. The van der Waals surface area contributed by atoms with E-state index < -0.39 is 10.8 Å². The van der Waals surface area contributed by atoms with Gasteiger partial charge in [0.05, 0.1) is 25.7 Å². The highest BCUT2D eigenvalue weighted by molar-refractivity contribution is 7.84. The fourth-order valence-corrected chi connectivity index (χ4v) is 5.15. The van der Waals surface area contributed by atoms with Crippen LogP contribution in [0.3, 0.4) is 0 Å². The summed E-state index contributed by atoms with van der Waals surface area (Å²) in [6.07, 6.45) is 3.46. The number of carbonyl (C=O) groups excluding carboxylic acids is 1. The van der Waals surface area contributed by atoms with E-state index in [9.17, 15) is 9.00 Å². The Morgan fingerprint density at radius 2 is 2.09 bits per heavy atom. The zero-order valence-corrected chi connectivity index (χ0v) is 20.8. The van der Waals surface area contributed by atoms with Crippen LogP contribution in [0.4, 0.5) is 0 Å². The molecule has 9 heteroatoms. The van der Waals surface area contributed by atoms with Crippen LogP contribution < -0.4 is 14.8 Å². The van der Waals surface area contributed by atoms with Crippen LogP contribution >= 0.6 is 0 Å². The van der Waals surface area contributed by atoms with Gasteiger partial charge in [-0.2, -0.15) is 0 Å². The van der Waals surface area contributed by atoms with E-state index in [1.807, 2.05) is 6.07 Å². The molecule has 0 bridgehead atoms. The van der Waals surface area contributed by atoms with Crippen molar-refractivity contribution in [1.82, 2.24) is 15.2 Å². The topological polar surface area (TPSA) is 93.9 Å². The van der Waals surface area contributed by atoms with Crippen LogP contribution in [-0.2, 0) is 21.3 Å². The number of carbonyl (C=O) groups is 1. The lowest BCUT2D eigenvalue weighted by molar-refractivity contribution is -0.118. The summed E-state index contributed by atoms with van der Waals surface area (Å²) in [5.74, 6) is 2.87. The van der Waals surface area contributed by atoms with Gasteiger partial charge in [-0.15, -0.1) is 0 Å². The maximum Gasteiger partial charge on any atom is 0.232 e. The molecule has 2 atom stereocenters. The molecule has 0 radical (unpaired) electrons. The van der Waals surface area contributed by atoms with Crippen LogP contribution in [0.1, 0.15) is 37.6 Å². The third kappa shape index (κ3) is 7.30. The Bertz CT molecular complexity index is 962. The normalized spacial score (nSPS) is 17.5. The highest BCUT2D eigenvalue weighted by atomic mass is 32.2. The number of nitrogens with one attached hydrogen (secondary N) is 1. The van der Waals surface area contributed by atoms with Crippen molar-refractivity contribution >= 4 is 16.7 Å². The number of hydrogen-bond donors (Lipinski definition) is 1. The number of nitrogens with zero attached hydrogens (tertiary/aromatic N) is 2. The molecule has 182 valence electrons. The van der Waals surface area contributed by atoms with Crippen molar-refractivity contribution in [2.45, 2.75) is 38.9 Å². The average molecular weight is 478 g/mol. The molecule has 1 aliphatic rings. The van der Waals surface area contributed by atoms with Gasteiger partial charge < -0.3 is 24.1 Å². The first-order chi connectivity index (χ1) is 15.9. The van der Waals surface area contributed by atoms with Gasteiger partial charge in [-0.1, -0.05) is 6.92 Å². The van der Waals surface area contributed by atoms with E-state index >= 15 is 0 Å². The van der Waals surface area contributed by atoms with Gasteiger partial charge in [-0.3, -0.25) is 9.00 Å². The number of oxazole rings is 1. The number of hydrogen-bond acceptors (Lipinski definition) is 7. The number of rotatable bonds is 11. The molecule has 3 rings (SSSR count). The first-order valence-corrected chi connectivity index (χ1v) is 12.9. The molecule has 0 spiro atoms. The van der Waals surface area contributed by atoms with Gasteiger partial charge in [0.15, 0.2) is 11.5 Å². The summed E-state index contributed by atoms with van der Waals surface area (Å²) in [4.78, 5) is 19.2. The zero-order valence-electron chi connectivity index (χ0n) is 20.0. The molecule has 1 aromatic carbocycles. The third-order valence-corrected chi connectivity index (χ3v) is 7.01. The minimum absolute atomic E-state index is 0.0429. The van der Waals surface area contributed by atoms with Crippen molar-refractivity contribution in [2.75, 3.05) is 46.2 Å². The largest absolute Gasteiger partial charge is 0.493 e. The second-order valence-corrected chi connectivity index (χ2v) is 10.0. The van der Waals surface area contributed by atoms with E-state index in [2.05, 4.69) is 22.1 Å². The Morgan fingerprint density at radius 3 is 2.82 bits per heavy atom. The number of aromatic nitrogens is 1. The summed E-state index contributed by atoms with van der Waals surface area (Å²) in [5, 5.41) is 2.89. The predicted octanol–water partition coefficient (Wildman–Crippen LogP) is 3.15. The maximum atomic E-state index is 12.5. The fourth-order valence-electron chi connectivity index (χ4n) is 4.08. The predicted molar refractivity (Wildman–Crippen MR) is 129 cm³/mol. The van der Waals surface area contributed by atoms with Crippen LogP contribution in [0.5, 0.6) is 11.5 Å². The van der Waals surface area contributed by atoms with Gasteiger partial charge in [-0.25, -0.2) is 4.98 Å². The van der Waals surface area contributed by atoms with Crippen molar-refractivity contribution < 1.29 is 22.9 Å². The molecular weight excluding hydrogens is 442 g/mol. The van der Waals surface area contributed by atoms with E-state index in [1.165, 1.54) is 12.8 Å². The monoisotopic (exact) mass is 477 g/mol. The summed E-state index contributed by atoms with van der Waals surface area (Å²) in [5.41, 5.74) is 1.32. The lowest BCUT2D eigenvalue weighted by Gasteiger charge is -2.30. The lowest BCUT2D eigenvalue weighted by Crippen LogP contribution is -2.37. The molecule has 1 amide bonds. The quantitative estimate of drug-likeness (QED) is 0.497. The molecule has 2 aromatic rings. The molecule has 1 saturated heterocycles. The third-order valence-electron chi connectivity index (χ3n) is 5.83. The van der Waals surface area contributed by atoms with Crippen molar-refractivity contribution in [1.29, 1.82) is 0 Å². The SMILES string of the molecule is COc1ccc(-c2nc(C[S@@](=O)CC(=O)NCCCN3CCC[C@@H](C)C3)c(C)o2)cc1OC. The summed E-state index contributed by atoms with van der Waals surface area (Å²) in [6, 6.07) is 5.38. The van der Waals surface area contributed by atoms with Crippen molar-refractivity contribution in [3.63, 3.8) is 0 Å². The zero-order chi connectivity index (χ0) is 23.8. The molecule has 0 aliphatic carbocycles. The minimum atomic E-state index is -1.37. The molecule has 0 saturated carbocycles. The van der Waals surface area contributed by atoms with E-state index in [0.29, 0.717) is 35.4 Å². The van der Waals surface area contributed by atoms with Gasteiger partial charge in [-0.05, 0) is 63.4 Å². The average Bonchev–Trinajstić information content (AvgIpc) is 3.16. The number of ether oxygens (including phenoxy) is 2.